The first-order valence-electron chi connectivity index (χ1n) is 7.08. The number of carboxylic acid groups (broad SMARTS) is 1. The first-order valence-corrected chi connectivity index (χ1v) is 7.08. The van der Waals surface area contributed by atoms with Crippen LogP contribution in [0.15, 0.2) is 48.5 Å². The number of rotatable bonds is 7. The lowest BCUT2D eigenvalue weighted by atomic mass is 10.1. The Bertz CT molecular complexity index is 642. The predicted octanol–water partition coefficient (Wildman–Crippen LogP) is 3.16. The van der Waals surface area contributed by atoms with Crippen molar-refractivity contribution in [3.63, 3.8) is 0 Å². The summed E-state index contributed by atoms with van der Waals surface area (Å²) in [4.78, 5) is 21.5. The number of hydrogen-bond donors (Lipinski definition) is 1. The van der Waals surface area contributed by atoms with E-state index in [9.17, 15) is 9.59 Å². The van der Waals surface area contributed by atoms with E-state index in [1.807, 2.05) is 55.5 Å². The highest BCUT2D eigenvalue weighted by molar-refractivity contribution is 6.32. The van der Waals surface area contributed by atoms with Crippen LogP contribution in [0.1, 0.15) is 23.1 Å². The molecule has 0 aliphatic rings. The average molecular weight is 298 g/mol. The molecule has 0 saturated carbocycles. The van der Waals surface area contributed by atoms with Gasteiger partial charge in [0.1, 0.15) is 12.4 Å². The van der Waals surface area contributed by atoms with E-state index in [4.69, 9.17) is 9.84 Å². The Kier molecular flexibility index (Phi) is 5.31. The third-order valence-corrected chi connectivity index (χ3v) is 3.33. The molecule has 4 nitrogen and oxygen atoms in total. The lowest BCUT2D eigenvalue weighted by Gasteiger charge is -2.07. The average Bonchev–Trinajstić information content (AvgIpc) is 2.53. The molecule has 2 aromatic carbocycles. The third-order valence-electron chi connectivity index (χ3n) is 3.33. The van der Waals surface area contributed by atoms with Crippen molar-refractivity contribution in [1.29, 1.82) is 0 Å². The minimum Gasteiger partial charge on any atom is -0.489 e. The fourth-order valence-corrected chi connectivity index (χ4v) is 1.97. The summed E-state index contributed by atoms with van der Waals surface area (Å²) < 4.78 is 5.69. The van der Waals surface area contributed by atoms with Gasteiger partial charge < -0.3 is 9.84 Å². The maximum Gasteiger partial charge on any atom is 0.372 e. The number of ether oxygens (including phenoxy) is 1. The summed E-state index contributed by atoms with van der Waals surface area (Å²) in [5.41, 5.74) is 3.23. The van der Waals surface area contributed by atoms with Gasteiger partial charge in [-0.25, -0.2) is 4.79 Å². The second kappa shape index (κ2) is 7.41. The molecule has 2 rings (SSSR count). The van der Waals surface area contributed by atoms with Crippen molar-refractivity contribution in [3.8, 4) is 5.75 Å². The maximum absolute atomic E-state index is 11.0. The Morgan fingerprint density at radius 3 is 2.14 bits per heavy atom. The summed E-state index contributed by atoms with van der Waals surface area (Å²) in [5.74, 6) is -1.40. The number of benzene rings is 2. The normalized spacial score (nSPS) is 10.2. The highest BCUT2D eigenvalue weighted by atomic mass is 16.5. The van der Waals surface area contributed by atoms with E-state index < -0.39 is 11.8 Å². The smallest absolute Gasteiger partial charge is 0.372 e. The fourth-order valence-electron chi connectivity index (χ4n) is 1.97. The quantitative estimate of drug-likeness (QED) is 0.797. The molecular formula is C18H18O4. The van der Waals surface area contributed by atoms with E-state index in [0.717, 1.165) is 16.9 Å². The third kappa shape index (κ3) is 4.74. The number of carbonyl (C=O) groups excluding carboxylic acids is 1. The van der Waals surface area contributed by atoms with Crippen LogP contribution in [-0.2, 0) is 22.6 Å². The van der Waals surface area contributed by atoms with Crippen LogP contribution in [0.3, 0.4) is 0 Å². The molecule has 22 heavy (non-hydrogen) atoms. The van der Waals surface area contributed by atoms with Crippen LogP contribution in [0, 0.1) is 6.92 Å². The summed E-state index contributed by atoms with van der Waals surface area (Å²) in [6.45, 7) is 2.54. The summed E-state index contributed by atoms with van der Waals surface area (Å²) in [5, 5.41) is 8.53. The van der Waals surface area contributed by atoms with Crippen LogP contribution in [0.4, 0.5) is 0 Å². The number of carboxylic acids is 1. The molecule has 0 aromatic heterocycles. The number of aryl methyl sites for hydroxylation is 2. The van der Waals surface area contributed by atoms with Gasteiger partial charge in [-0.05, 0) is 36.6 Å². The highest BCUT2D eigenvalue weighted by Crippen LogP contribution is 2.15. The van der Waals surface area contributed by atoms with Gasteiger partial charge in [-0.3, -0.25) is 4.79 Å². The van der Waals surface area contributed by atoms with E-state index in [-0.39, 0.29) is 6.42 Å². The molecule has 0 aliphatic heterocycles. The summed E-state index contributed by atoms with van der Waals surface area (Å²) in [7, 11) is 0. The van der Waals surface area contributed by atoms with Crippen LogP contribution < -0.4 is 4.74 Å². The summed E-state index contributed by atoms with van der Waals surface area (Å²) >= 11 is 0. The molecule has 0 saturated heterocycles. The van der Waals surface area contributed by atoms with Crippen molar-refractivity contribution in [2.45, 2.75) is 26.4 Å². The lowest BCUT2D eigenvalue weighted by Crippen LogP contribution is -2.12. The Morgan fingerprint density at radius 1 is 0.955 bits per heavy atom. The van der Waals surface area contributed by atoms with E-state index in [0.29, 0.717) is 13.0 Å². The largest absolute Gasteiger partial charge is 0.489 e. The molecule has 0 aliphatic carbocycles. The van der Waals surface area contributed by atoms with Crippen molar-refractivity contribution in [2.24, 2.45) is 0 Å². The topological polar surface area (TPSA) is 63.6 Å². The Labute approximate surface area is 129 Å². The molecule has 2 aromatic rings. The van der Waals surface area contributed by atoms with Gasteiger partial charge in [0.25, 0.3) is 0 Å². The Morgan fingerprint density at radius 2 is 1.55 bits per heavy atom. The van der Waals surface area contributed by atoms with E-state index in [1.54, 1.807) is 0 Å². The minimum absolute atomic E-state index is 0.0128. The van der Waals surface area contributed by atoms with Crippen molar-refractivity contribution < 1.29 is 19.4 Å². The van der Waals surface area contributed by atoms with Crippen LogP contribution in [0.25, 0.3) is 0 Å². The molecule has 4 heteroatoms. The van der Waals surface area contributed by atoms with Gasteiger partial charge in [-0.15, -0.1) is 0 Å². The lowest BCUT2D eigenvalue weighted by molar-refractivity contribution is -0.149. The summed E-state index contributed by atoms with van der Waals surface area (Å²) in [6.07, 6.45) is 0.433. The first kappa shape index (κ1) is 15.8. The monoisotopic (exact) mass is 298 g/mol. The number of hydrogen-bond acceptors (Lipinski definition) is 3. The zero-order valence-corrected chi connectivity index (χ0v) is 12.4. The second-order valence-electron chi connectivity index (χ2n) is 5.15. The van der Waals surface area contributed by atoms with Gasteiger partial charge in [0.2, 0.25) is 5.78 Å². The first-order chi connectivity index (χ1) is 10.5. The van der Waals surface area contributed by atoms with E-state index in [2.05, 4.69) is 0 Å². The van der Waals surface area contributed by atoms with Crippen LogP contribution in [-0.4, -0.2) is 16.9 Å². The summed E-state index contributed by atoms with van der Waals surface area (Å²) in [6, 6.07) is 15.5. The van der Waals surface area contributed by atoms with Gasteiger partial charge in [-0.2, -0.15) is 0 Å². The molecule has 0 unspecified atom stereocenters. The second-order valence-corrected chi connectivity index (χ2v) is 5.15. The standard InChI is InChI=1S/C18H18O4/c1-13-2-4-15(5-3-13)12-22-16-9-6-14(7-10-16)8-11-17(19)18(20)21/h2-7,9-10H,8,11-12H2,1H3,(H,20,21). The number of ketones is 1. The van der Waals surface area contributed by atoms with Gasteiger partial charge >= 0.3 is 5.97 Å². The van der Waals surface area contributed by atoms with Crippen LogP contribution in [0.2, 0.25) is 0 Å². The van der Waals surface area contributed by atoms with Gasteiger partial charge in [0.05, 0.1) is 0 Å². The van der Waals surface area contributed by atoms with Crippen molar-refractivity contribution in [2.75, 3.05) is 0 Å². The molecule has 0 radical (unpaired) electrons. The van der Waals surface area contributed by atoms with Crippen molar-refractivity contribution in [3.05, 3.63) is 65.2 Å². The molecule has 0 heterocycles. The molecule has 0 fully saturated rings. The highest BCUT2D eigenvalue weighted by Gasteiger charge is 2.10. The molecule has 0 amide bonds. The zero-order chi connectivity index (χ0) is 15.9. The van der Waals surface area contributed by atoms with Gasteiger partial charge in [0.15, 0.2) is 0 Å². The number of aliphatic carboxylic acids is 1. The molecule has 114 valence electrons. The molecule has 1 N–H and O–H groups in total. The fraction of sp³-hybridized carbons (Fsp3) is 0.222. The maximum atomic E-state index is 11.0. The molecular weight excluding hydrogens is 280 g/mol. The molecule has 0 atom stereocenters. The SMILES string of the molecule is Cc1ccc(COc2ccc(CCC(=O)C(=O)O)cc2)cc1. The van der Waals surface area contributed by atoms with Crippen molar-refractivity contribution >= 4 is 11.8 Å². The number of Topliss-reactive ketones (excluding diaryl/α,β-unsaturated/α-hetero) is 1. The molecule has 0 bridgehead atoms. The van der Waals surface area contributed by atoms with Gasteiger partial charge in [0, 0.05) is 6.42 Å². The van der Waals surface area contributed by atoms with E-state index >= 15 is 0 Å². The van der Waals surface area contributed by atoms with Gasteiger partial charge in [-0.1, -0.05) is 42.0 Å². The Hall–Kier alpha value is -2.62. The Balaban J connectivity index is 1.85. The van der Waals surface area contributed by atoms with Crippen LogP contribution in [0.5, 0.6) is 5.75 Å². The van der Waals surface area contributed by atoms with Crippen LogP contribution >= 0.6 is 0 Å². The van der Waals surface area contributed by atoms with Crippen molar-refractivity contribution in [1.82, 2.24) is 0 Å². The predicted molar refractivity (Wildman–Crippen MR) is 82.9 cm³/mol. The molecule has 0 spiro atoms. The van der Waals surface area contributed by atoms with E-state index in [1.165, 1.54) is 5.56 Å². The zero-order valence-electron chi connectivity index (χ0n) is 12.4. The minimum atomic E-state index is -1.38. The number of carbonyl (C=O) groups is 2.